The van der Waals surface area contributed by atoms with Gasteiger partial charge in [0.1, 0.15) is 0 Å². The van der Waals surface area contributed by atoms with Gasteiger partial charge >= 0.3 is 11.7 Å². The number of thiazole rings is 1. The van der Waals surface area contributed by atoms with Crippen LogP contribution in [0.15, 0.2) is 42.5 Å². The number of aromatic nitrogens is 1. The Hall–Kier alpha value is -2.24. The summed E-state index contributed by atoms with van der Waals surface area (Å²) in [6.07, 6.45) is 0. The van der Waals surface area contributed by atoms with Gasteiger partial charge < -0.3 is 21.7 Å². The number of carbonyl (C=O) groups excluding carboxylic acids is 1. The molecular weight excluding hydrogens is 422 g/mol. The summed E-state index contributed by atoms with van der Waals surface area (Å²) in [5.41, 5.74) is 6.18. The molecule has 0 atom stereocenters. The van der Waals surface area contributed by atoms with Crippen molar-refractivity contribution < 1.29 is 30.9 Å². The average molecular weight is 440 g/mol. The average Bonchev–Trinajstić information content (AvgIpc) is 3.11. The van der Waals surface area contributed by atoms with Crippen LogP contribution in [0.1, 0.15) is 28.0 Å². The minimum atomic E-state index is -0.259. The van der Waals surface area contributed by atoms with Gasteiger partial charge in [-0.15, -0.1) is 4.40 Å². The molecule has 0 unspecified atom stereocenters. The Kier molecular flexibility index (Phi) is 4.32. The largest absolute Gasteiger partial charge is 1.00 e. The van der Waals surface area contributed by atoms with E-state index in [1.807, 2.05) is 6.92 Å². The summed E-state index contributed by atoms with van der Waals surface area (Å²) >= 11 is 1.72. The highest BCUT2D eigenvalue weighted by molar-refractivity contribution is 7.16. The topological polar surface area (TPSA) is 30.4 Å². The van der Waals surface area contributed by atoms with Crippen LogP contribution in [0.5, 0.6) is 0 Å². The molecule has 0 bridgehead atoms. The molecule has 0 fully saturated rings. The first-order valence-electron chi connectivity index (χ1n) is 8.80. The van der Waals surface area contributed by atoms with Crippen LogP contribution in [0.3, 0.4) is 0 Å². The number of halogens is 1. The van der Waals surface area contributed by atoms with Gasteiger partial charge in [-0.25, -0.2) is 4.79 Å². The minimum absolute atomic E-state index is 0. The first-order valence-corrected chi connectivity index (χ1v) is 9.61. The second-order valence-corrected chi connectivity index (χ2v) is 7.86. The maximum atomic E-state index is 13.0. The van der Waals surface area contributed by atoms with E-state index in [9.17, 15) is 4.79 Å². The lowest BCUT2D eigenvalue weighted by molar-refractivity contribution is -0.518. The Bertz CT molecular complexity index is 1240. The molecule has 27 heavy (non-hydrogen) atoms. The summed E-state index contributed by atoms with van der Waals surface area (Å²) in [5.74, 6) is -0.259. The number of fused-ring (bicyclic) bond motifs is 4. The second-order valence-electron chi connectivity index (χ2n) is 6.63. The molecule has 1 aliphatic carbocycles. The van der Waals surface area contributed by atoms with E-state index < -0.39 is 0 Å². The van der Waals surface area contributed by atoms with E-state index in [1.54, 1.807) is 11.3 Å². The zero-order valence-electron chi connectivity index (χ0n) is 15.3. The lowest BCUT2D eigenvalue weighted by atomic mass is 10.0. The van der Waals surface area contributed by atoms with Crippen LogP contribution in [0, 0.1) is 13.8 Å². The number of hydrogen-bond donors (Lipinski definition) is 0. The highest BCUT2D eigenvalue weighted by atomic mass is 79.9. The summed E-state index contributed by atoms with van der Waals surface area (Å²) < 4.78 is 7.54. The predicted molar refractivity (Wildman–Crippen MR) is 105 cm³/mol. The fourth-order valence-electron chi connectivity index (χ4n) is 4.06. The molecule has 0 radical (unpaired) electrons. The lowest BCUT2D eigenvalue weighted by Gasteiger charge is -2.06. The Morgan fingerprint density at radius 3 is 2.48 bits per heavy atom. The van der Waals surface area contributed by atoms with E-state index in [4.69, 9.17) is 4.74 Å². The number of carbonyl (C=O) groups is 1. The van der Waals surface area contributed by atoms with Gasteiger partial charge in [-0.1, -0.05) is 47.7 Å². The number of rotatable bonds is 2. The molecule has 5 rings (SSSR count). The molecule has 2 aromatic heterocycles. The van der Waals surface area contributed by atoms with E-state index in [1.165, 1.54) is 21.2 Å². The van der Waals surface area contributed by atoms with Crippen molar-refractivity contribution in [1.82, 2.24) is 0 Å². The fraction of sp³-hybridized carbons (Fsp3) is 0.182. The molecule has 5 heteroatoms. The van der Waals surface area contributed by atoms with Crippen LogP contribution in [0.25, 0.3) is 37.9 Å². The first-order chi connectivity index (χ1) is 12.6. The monoisotopic (exact) mass is 439 g/mol. The normalized spacial score (nSPS) is 11.5. The third kappa shape index (κ3) is 2.38. The summed E-state index contributed by atoms with van der Waals surface area (Å²) in [7, 11) is 0. The molecule has 1 aliphatic rings. The van der Waals surface area contributed by atoms with Crippen molar-refractivity contribution in [3.8, 4) is 22.3 Å². The van der Waals surface area contributed by atoms with Crippen molar-refractivity contribution in [3.05, 3.63) is 58.7 Å². The van der Waals surface area contributed by atoms with Crippen molar-refractivity contribution in [1.29, 1.82) is 0 Å². The number of aryl methyl sites for hydroxylation is 2. The van der Waals surface area contributed by atoms with Crippen molar-refractivity contribution in [2.24, 2.45) is 0 Å². The van der Waals surface area contributed by atoms with Crippen molar-refractivity contribution in [2.75, 3.05) is 6.61 Å². The molecule has 0 saturated carbocycles. The number of ether oxygens (including phenoxy) is 1. The molecule has 0 spiro atoms. The van der Waals surface area contributed by atoms with Crippen molar-refractivity contribution in [2.45, 2.75) is 20.8 Å². The van der Waals surface area contributed by atoms with Gasteiger partial charge in [0.15, 0.2) is 5.69 Å². The maximum absolute atomic E-state index is 13.0. The first kappa shape index (κ1) is 18.1. The highest BCUT2D eigenvalue weighted by Gasteiger charge is 2.36. The zero-order valence-corrected chi connectivity index (χ0v) is 17.7. The number of esters is 1. The summed E-state index contributed by atoms with van der Waals surface area (Å²) in [5, 5.41) is 2.43. The van der Waals surface area contributed by atoms with Crippen LogP contribution < -0.4 is 21.4 Å². The molecule has 2 heterocycles. The quantitative estimate of drug-likeness (QED) is 0.311. The zero-order chi connectivity index (χ0) is 18.0. The Balaban J connectivity index is 0.00000180. The van der Waals surface area contributed by atoms with Crippen LogP contribution in [0.2, 0.25) is 0 Å². The lowest BCUT2D eigenvalue weighted by Crippen LogP contribution is -3.00. The van der Waals surface area contributed by atoms with E-state index in [-0.39, 0.29) is 23.0 Å². The molecule has 0 amide bonds. The minimum Gasteiger partial charge on any atom is -1.00 e. The van der Waals surface area contributed by atoms with Gasteiger partial charge in [-0.3, -0.25) is 0 Å². The van der Waals surface area contributed by atoms with Crippen LogP contribution in [-0.4, -0.2) is 12.6 Å². The molecule has 2 aromatic carbocycles. The van der Waals surface area contributed by atoms with Crippen LogP contribution in [-0.2, 0) is 4.74 Å². The van der Waals surface area contributed by atoms with E-state index in [0.29, 0.717) is 12.3 Å². The van der Waals surface area contributed by atoms with E-state index in [2.05, 4.69) is 60.7 Å². The van der Waals surface area contributed by atoms with Gasteiger partial charge in [-0.05, 0) is 35.7 Å². The number of nitrogens with zero attached hydrogens (tertiary/aromatic N) is 1. The van der Waals surface area contributed by atoms with Gasteiger partial charge in [-0.2, -0.15) is 0 Å². The van der Waals surface area contributed by atoms with E-state index in [0.717, 1.165) is 27.2 Å². The predicted octanol–water partition coefficient (Wildman–Crippen LogP) is 2.08. The van der Waals surface area contributed by atoms with Gasteiger partial charge in [0.25, 0.3) is 4.83 Å². The Morgan fingerprint density at radius 2 is 1.78 bits per heavy atom. The third-order valence-corrected chi connectivity index (χ3v) is 6.36. The smallest absolute Gasteiger partial charge is 0.404 e. The highest BCUT2D eigenvalue weighted by Crippen LogP contribution is 2.48. The van der Waals surface area contributed by atoms with Gasteiger partial charge in [0.2, 0.25) is 0 Å². The number of hydrogen-bond acceptors (Lipinski definition) is 3. The molecule has 0 saturated heterocycles. The SMILES string of the molecule is CCOC(=O)c1c2c(cc3sc(C)c(C)[n+]13)-c1cccc3cccc-2c13.[Br-]. The Labute approximate surface area is 172 Å². The van der Waals surface area contributed by atoms with Gasteiger partial charge in [0.05, 0.1) is 17.0 Å². The maximum Gasteiger partial charge on any atom is 0.404 e. The standard InChI is InChI=1S/C22H18NO2S.BrH/c1-4-25-22(24)21-20-16-10-6-8-14-7-5-9-15(19(14)16)17(20)11-18-23(21)12(2)13(3)26-18;/h5-11H,4H2,1-3H3;1H/q+1;/p-1. The molecule has 0 N–H and O–H groups in total. The fourth-order valence-corrected chi connectivity index (χ4v) is 5.11. The summed E-state index contributed by atoms with van der Waals surface area (Å²) in [4.78, 5) is 15.3. The molecule has 0 aliphatic heterocycles. The summed E-state index contributed by atoms with van der Waals surface area (Å²) in [6, 6.07) is 14.9. The third-order valence-electron chi connectivity index (χ3n) is 5.25. The second kappa shape index (κ2) is 6.43. The van der Waals surface area contributed by atoms with E-state index >= 15 is 0 Å². The summed E-state index contributed by atoms with van der Waals surface area (Å²) in [6.45, 7) is 6.38. The molecule has 136 valence electrons. The molecule has 3 nitrogen and oxygen atoms in total. The molecular formula is C22H18BrNO2S. The van der Waals surface area contributed by atoms with Crippen molar-refractivity contribution >= 4 is 32.9 Å². The molecule has 4 aromatic rings. The van der Waals surface area contributed by atoms with Gasteiger partial charge in [0, 0.05) is 18.6 Å². The van der Waals surface area contributed by atoms with Crippen LogP contribution >= 0.6 is 11.3 Å². The Morgan fingerprint density at radius 1 is 1.07 bits per heavy atom. The van der Waals surface area contributed by atoms with Crippen molar-refractivity contribution in [3.63, 3.8) is 0 Å². The number of pyridine rings is 1. The van der Waals surface area contributed by atoms with Crippen LogP contribution in [0.4, 0.5) is 0 Å². The number of benzene rings is 2.